The van der Waals surface area contributed by atoms with E-state index in [0.29, 0.717) is 5.82 Å². The number of hydrogen-bond acceptors (Lipinski definition) is 3. The Kier molecular flexibility index (Phi) is 6.47. The zero-order valence-corrected chi connectivity index (χ0v) is 28.7. The van der Waals surface area contributed by atoms with Gasteiger partial charge in [0.15, 0.2) is 5.82 Å². The molecule has 0 radical (unpaired) electrons. The van der Waals surface area contributed by atoms with Crippen LogP contribution < -0.4 is 0 Å². The third-order valence-corrected chi connectivity index (χ3v) is 11.2. The van der Waals surface area contributed by atoms with Crippen LogP contribution in [0.25, 0.3) is 78.1 Å². The molecule has 2 aliphatic rings. The highest BCUT2D eigenvalue weighted by Gasteiger charge is 2.51. The monoisotopic (exact) mass is 673 g/mol. The number of rotatable bonds is 4. The van der Waals surface area contributed by atoms with Crippen LogP contribution in [0.1, 0.15) is 22.3 Å². The molecule has 0 N–H and O–H groups in total. The number of fused-ring (bicyclic) bond motifs is 11. The van der Waals surface area contributed by atoms with Crippen molar-refractivity contribution in [1.82, 2.24) is 15.0 Å². The van der Waals surface area contributed by atoms with Gasteiger partial charge in [-0.2, -0.15) is 0 Å². The molecule has 0 unspecified atom stereocenters. The highest BCUT2D eigenvalue weighted by molar-refractivity contribution is 5.97. The molecule has 2 aromatic heterocycles. The van der Waals surface area contributed by atoms with Crippen LogP contribution in [-0.2, 0) is 5.41 Å². The predicted octanol–water partition coefficient (Wildman–Crippen LogP) is 12.0. The molecule has 0 amide bonds. The lowest BCUT2D eigenvalue weighted by Gasteiger charge is -2.30. The van der Waals surface area contributed by atoms with Gasteiger partial charge in [0, 0.05) is 34.6 Å². The van der Waals surface area contributed by atoms with E-state index in [-0.39, 0.29) is 0 Å². The Balaban J connectivity index is 1.16. The average Bonchev–Trinajstić information content (AvgIpc) is 3.71. The molecular weight excluding hydrogens is 643 g/mol. The van der Waals surface area contributed by atoms with E-state index in [1.54, 1.807) is 0 Å². The summed E-state index contributed by atoms with van der Waals surface area (Å²) in [6, 6.07) is 63.5. The van der Waals surface area contributed by atoms with E-state index in [4.69, 9.17) is 9.97 Å². The zero-order chi connectivity index (χ0) is 34.9. The first-order chi connectivity index (χ1) is 26.3. The minimum atomic E-state index is -0.429. The second kappa shape index (κ2) is 11.5. The number of benzene rings is 7. The lowest BCUT2D eigenvalue weighted by atomic mass is 9.70. The first-order valence-electron chi connectivity index (χ1n) is 18.1. The maximum atomic E-state index is 5.39. The minimum absolute atomic E-state index is 0.429. The van der Waals surface area contributed by atoms with E-state index in [9.17, 15) is 0 Å². The quantitative estimate of drug-likeness (QED) is 0.187. The Morgan fingerprint density at radius 3 is 1.60 bits per heavy atom. The Bertz CT molecular complexity index is 2840. The topological polar surface area (TPSA) is 38.7 Å². The van der Waals surface area contributed by atoms with Gasteiger partial charge in [-0.25, -0.2) is 9.97 Å². The van der Waals surface area contributed by atoms with Crippen LogP contribution in [0.5, 0.6) is 0 Å². The summed E-state index contributed by atoms with van der Waals surface area (Å²) >= 11 is 0. The van der Waals surface area contributed by atoms with Gasteiger partial charge in [-0.15, -0.1) is 0 Å². The van der Waals surface area contributed by atoms with Crippen LogP contribution in [0.3, 0.4) is 0 Å². The summed E-state index contributed by atoms with van der Waals surface area (Å²) < 4.78 is 0. The lowest BCUT2D eigenvalue weighted by Crippen LogP contribution is -2.25. The molecule has 0 aliphatic heterocycles. The van der Waals surface area contributed by atoms with Gasteiger partial charge < -0.3 is 0 Å². The van der Waals surface area contributed by atoms with Crippen molar-refractivity contribution < 1.29 is 0 Å². The van der Waals surface area contributed by atoms with Gasteiger partial charge in [-0.05, 0) is 85.1 Å². The molecule has 53 heavy (non-hydrogen) atoms. The summed E-state index contributed by atoms with van der Waals surface area (Å²) in [5, 5.41) is 2.29. The van der Waals surface area contributed by atoms with Crippen molar-refractivity contribution in [3.8, 4) is 67.3 Å². The SMILES string of the molecule is c1cncc(-c2cccc(-c3cc(-c4ccc5c(c4)C4(c6ccccc6-c6ccccc64)c4ccccc4-5)nc(-c4cccc5ccccc45)n3)c2)c1. The molecule has 7 aromatic carbocycles. The molecule has 9 aromatic rings. The van der Waals surface area contributed by atoms with Gasteiger partial charge in [-0.1, -0.05) is 152 Å². The van der Waals surface area contributed by atoms with Gasteiger partial charge in [0.1, 0.15) is 0 Å². The number of nitrogens with zero attached hydrogens (tertiary/aromatic N) is 3. The molecular formula is C50H31N3. The number of hydrogen-bond donors (Lipinski definition) is 0. The van der Waals surface area contributed by atoms with E-state index in [0.717, 1.165) is 50.0 Å². The fourth-order valence-corrected chi connectivity index (χ4v) is 8.93. The van der Waals surface area contributed by atoms with Gasteiger partial charge in [0.05, 0.1) is 16.8 Å². The molecule has 2 aliphatic carbocycles. The van der Waals surface area contributed by atoms with Crippen molar-refractivity contribution in [3.05, 3.63) is 211 Å². The standard InChI is InChI=1S/C50H31N3/c1-2-17-37-32(12-1)13-10-21-42(37)49-52-47(34-15-9-14-33(28-34)36-16-11-27-51-31-36)30-48(53-49)35-25-26-41-40-20-5-8-24-45(40)50(46(41)29-35)43-22-6-3-18-38(43)39-19-4-7-23-44(39)50/h1-31H. The van der Waals surface area contributed by atoms with Crippen molar-refractivity contribution in [2.24, 2.45) is 0 Å². The van der Waals surface area contributed by atoms with Crippen molar-refractivity contribution in [1.29, 1.82) is 0 Å². The Morgan fingerprint density at radius 2 is 0.906 bits per heavy atom. The summed E-state index contributed by atoms with van der Waals surface area (Å²) in [7, 11) is 0. The molecule has 1 spiro atoms. The molecule has 2 heterocycles. The Hall–Kier alpha value is -6.97. The molecule has 3 nitrogen and oxygen atoms in total. The van der Waals surface area contributed by atoms with Crippen molar-refractivity contribution in [2.45, 2.75) is 5.41 Å². The normalized spacial score (nSPS) is 13.1. The number of pyridine rings is 1. The van der Waals surface area contributed by atoms with Crippen molar-refractivity contribution >= 4 is 10.8 Å². The van der Waals surface area contributed by atoms with Crippen molar-refractivity contribution in [2.75, 3.05) is 0 Å². The summed E-state index contributed by atoms with van der Waals surface area (Å²) in [6.07, 6.45) is 3.71. The summed E-state index contributed by atoms with van der Waals surface area (Å²) in [5.74, 6) is 0.705. The first-order valence-corrected chi connectivity index (χ1v) is 18.1. The minimum Gasteiger partial charge on any atom is -0.264 e. The van der Waals surface area contributed by atoms with Crippen LogP contribution in [0, 0.1) is 0 Å². The van der Waals surface area contributed by atoms with E-state index in [2.05, 4.69) is 175 Å². The summed E-state index contributed by atoms with van der Waals surface area (Å²) in [5.41, 5.74) is 17.0. The molecule has 0 atom stereocenters. The number of aromatic nitrogens is 3. The Morgan fingerprint density at radius 1 is 0.358 bits per heavy atom. The fraction of sp³-hybridized carbons (Fsp3) is 0.0200. The second-order valence-corrected chi connectivity index (χ2v) is 14.0. The van der Waals surface area contributed by atoms with Crippen LogP contribution in [-0.4, -0.2) is 15.0 Å². The molecule has 11 rings (SSSR count). The van der Waals surface area contributed by atoms with Gasteiger partial charge >= 0.3 is 0 Å². The fourth-order valence-electron chi connectivity index (χ4n) is 8.93. The van der Waals surface area contributed by atoms with Crippen LogP contribution in [0.15, 0.2) is 188 Å². The van der Waals surface area contributed by atoms with Crippen LogP contribution in [0.4, 0.5) is 0 Å². The van der Waals surface area contributed by atoms with E-state index < -0.39 is 5.41 Å². The zero-order valence-electron chi connectivity index (χ0n) is 28.7. The van der Waals surface area contributed by atoms with E-state index >= 15 is 0 Å². The van der Waals surface area contributed by atoms with Crippen LogP contribution >= 0.6 is 0 Å². The molecule has 0 fully saturated rings. The summed E-state index contributed by atoms with van der Waals surface area (Å²) in [6.45, 7) is 0. The molecule has 0 bridgehead atoms. The Labute approximate surface area is 308 Å². The predicted molar refractivity (Wildman–Crippen MR) is 215 cm³/mol. The van der Waals surface area contributed by atoms with Gasteiger partial charge in [0.25, 0.3) is 0 Å². The molecule has 3 heteroatoms. The summed E-state index contributed by atoms with van der Waals surface area (Å²) in [4.78, 5) is 15.1. The smallest absolute Gasteiger partial charge is 0.161 e. The molecule has 0 saturated heterocycles. The van der Waals surface area contributed by atoms with Gasteiger partial charge in [0.2, 0.25) is 0 Å². The van der Waals surface area contributed by atoms with Crippen LogP contribution in [0.2, 0.25) is 0 Å². The maximum absolute atomic E-state index is 5.39. The van der Waals surface area contributed by atoms with E-state index in [1.165, 1.54) is 44.5 Å². The second-order valence-electron chi connectivity index (χ2n) is 14.0. The highest BCUT2D eigenvalue weighted by Crippen LogP contribution is 2.63. The largest absolute Gasteiger partial charge is 0.264 e. The third kappa shape index (κ3) is 4.38. The highest BCUT2D eigenvalue weighted by atomic mass is 14.9. The lowest BCUT2D eigenvalue weighted by molar-refractivity contribution is 0.794. The molecule has 0 saturated carbocycles. The maximum Gasteiger partial charge on any atom is 0.161 e. The first kappa shape index (κ1) is 29.7. The van der Waals surface area contributed by atoms with E-state index in [1.807, 2.05) is 18.5 Å². The van der Waals surface area contributed by atoms with Crippen molar-refractivity contribution in [3.63, 3.8) is 0 Å². The third-order valence-electron chi connectivity index (χ3n) is 11.2. The molecule has 246 valence electrons. The van der Waals surface area contributed by atoms with Gasteiger partial charge in [-0.3, -0.25) is 4.98 Å². The average molecular weight is 674 g/mol.